The molecule has 2 N–H and O–H groups in total. The maximum Gasteiger partial charge on any atom is 0.387 e. The van der Waals surface area contributed by atoms with E-state index in [1.807, 2.05) is 0 Å². The van der Waals surface area contributed by atoms with Gasteiger partial charge >= 0.3 is 6.61 Å². The first kappa shape index (κ1) is 22.1. The average molecular weight is 457 g/mol. The van der Waals surface area contributed by atoms with Gasteiger partial charge in [0.25, 0.3) is 17.7 Å². The van der Waals surface area contributed by atoms with Crippen molar-refractivity contribution in [2.75, 3.05) is 0 Å². The number of alkyl halides is 2. The van der Waals surface area contributed by atoms with E-state index in [1.54, 1.807) is 12.1 Å². The zero-order chi connectivity index (χ0) is 23.7. The van der Waals surface area contributed by atoms with Crippen LogP contribution >= 0.6 is 0 Å². The van der Waals surface area contributed by atoms with E-state index in [0.29, 0.717) is 5.56 Å². The number of hydrogen-bond acceptors (Lipinski definition) is 6. The molecule has 2 aliphatic rings. The van der Waals surface area contributed by atoms with E-state index in [2.05, 4.69) is 15.4 Å². The lowest BCUT2D eigenvalue weighted by Gasteiger charge is -2.29. The third-order valence-electron chi connectivity index (χ3n) is 5.37. The molecule has 4 rings (SSSR count). The topological polar surface area (TPSA) is 122 Å². The summed E-state index contributed by atoms with van der Waals surface area (Å²) in [6.07, 6.45) is 0.273. The molecule has 5 amide bonds. The number of piperidine rings is 1. The standard InChI is InChI=1S/C22H17F2N3O6/c23-22(24)33-13-6-4-11(5-7-13)18(29)26-19(30)14-3-1-2-12-10-27(21(32)17(12)14)15-8-9-16(28)25-20(15)31/h1-7,15,22H,8-10H2,(H,25,28,31)(H,26,29,30). The minimum absolute atomic E-state index is 0.0223. The Morgan fingerprint density at radius 1 is 1.06 bits per heavy atom. The van der Waals surface area contributed by atoms with Gasteiger partial charge in [0.15, 0.2) is 0 Å². The molecule has 1 unspecified atom stereocenters. The van der Waals surface area contributed by atoms with Crippen LogP contribution in [-0.4, -0.2) is 47.1 Å². The molecule has 0 saturated carbocycles. The summed E-state index contributed by atoms with van der Waals surface area (Å²) in [6, 6.07) is 8.48. The summed E-state index contributed by atoms with van der Waals surface area (Å²) < 4.78 is 28.7. The van der Waals surface area contributed by atoms with E-state index in [0.717, 1.165) is 12.1 Å². The molecule has 11 heteroatoms. The third-order valence-corrected chi connectivity index (χ3v) is 5.37. The van der Waals surface area contributed by atoms with Crippen molar-refractivity contribution in [1.29, 1.82) is 0 Å². The van der Waals surface area contributed by atoms with Crippen LogP contribution in [0.4, 0.5) is 8.78 Å². The molecule has 0 spiro atoms. The molecule has 1 saturated heterocycles. The molecular formula is C22H17F2N3O6. The number of nitrogens with zero attached hydrogens (tertiary/aromatic N) is 1. The number of carbonyl (C=O) groups is 5. The van der Waals surface area contributed by atoms with Crippen molar-refractivity contribution >= 4 is 29.5 Å². The maximum atomic E-state index is 13.1. The van der Waals surface area contributed by atoms with Gasteiger partial charge in [0.05, 0.1) is 11.1 Å². The molecular weight excluding hydrogens is 440 g/mol. The number of rotatable bonds is 5. The van der Waals surface area contributed by atoms with Crippen molar-refractivity contribution in [3.63, 3.8) is 0 Å². The first-order valence-electron chi connectivity index (χ1n) is 9.91. The van der Waals surface area contributed by atoms with Crippen molar-refractivity contribution < 1.29 is 37.5 Å². The zero-order valence-corrected chi connectivity index (χ0v) is 17.0. The normalized spacial score (nSPS) is 17.6. The predicted octanol–water partition coefficient (Wildman–Crippen LogP) is 1.62. The van der Waals surface area contributed by atoms with Crippen LogP contribution in [0.1, 0.15) is 49.5 Å². The first-order valence-corrected chi connectivity index (χ1v) is 9.91. The van der Waals surface area contributed by atoms with Gasteiger partial charge in [-0.3, -0.25) is 34.6 Å². The van der Waals surface area contributed by atoms with Gasteiger partial charge in [0.1, 0.15) is 11.8 Å². The molecule has 9 nitrogen and oxygen atoms in total. The first-order chi connectivity index (χ1) is 15.7. The van der Waals surface area contributed by atoms with Crippen LogP contribution < -0.4 is 15.4 Å². The largest absolute Gasteiger partial charge is 0.435 e. The van der Waals surface area contributed by atoms with E-state index in [1.165, 1.54) is 23.1 Å². The summed E-state index contributed by atoms with van der Waals surface area (Å²) >= 11 is 0. The second-order valence-corrected chi connectivity index (χ2v) is 7.43. The SMILES string of the molecule is O=C1CCC(N2Cc3cccc(C(=O)NC(=O)c4ccc(OC(F)F)cc4)c3C2=O)C(=O)N1. The molecule has 2 aliphatic heterocycles. The molecule has 0 aliphatic carbocycles. The second kappa shape index (κ2) is 8.77. The Hall–Kier alpha value is -4.15. The minimum atomic E-state index is -3.01. The van der Waals surface area contributed by atoms with Crippen LogP contribution in [0.2, 0.25) is 0 Å². The van der Waals surface area contributed by atoms with Crippen LogP contribution in [0.25, 0.3) is 0 Å². The maximum absolute atomic E-state index is 13.1. The number of ether oxygens (including phenoxy) is 1. The van der Waals surface area contributed by atoms with E-state index in [4.69, 9.17) is 0 Å². The number of amides is 5. The molecule has 0 aromatic heterocycles. The lowest BCUT2D eigenvalue weighted by molar-refractivity contribution is -0.136. The monoisotopic (exact) mass is 457 g/mol. The van der Waals surface area contributed by atoms with E-state index in [9.17, 15) is 32.8 Å². The molecule has 33 heavy (non-hydrogen) atoms. The highest BCUT2D eigenvalue weighted by Gasteiger charge is 2.40. The quantitative estimate of drug-likeness (QED) is 0.658. The van der Waals surface area contributed by atoms with Gasteiger partial charge in [-0.15, -0.1) is 0 Å². The van der Waals surface area contributed by atoms with Crippen LogP contribution in [0.3, 0.4) is 0 Å². The Bertz CT molecular complexity index is 1170. The van der Waals surface area contributed by atoms with Crippen molar-refractivity contribution in [2.45, 2.75) is 32.0 Å². The van der Waals surface area contributed by atoms with Crippen molar-refractivity contribution in [3.05, 3.63) is 64.7 Å². The predicted molar refractivity (Wildman–Crippen MR) is 107 cm³/mol. The van der Waals surface area contributed by atoms with Crippen LogP contribution in [0, 0.1) is 0 Å². The van der Waals surface area contributed by atoms with Gasteiger partial charge in [-0.25, -0.2) is 0 Å². The summed E-state index contributed by atoms with van der Waals surface area (Å²) in [5, 5.41) is 4.37. The fraction of sp³-hybridized carbons (Fsp3) is 0.227. The Kier molecular flexibility index (Phi) is 5.86. The third kappa shape index (κ3) is 4.43. The van der Waals surface area contributed by atoms with Crippen molar-refractivity contribution in [3.8, 4) is 5.75 Å². The van der Waals surface area contributed by atoms with Gasteiger partial charge in [0.2, 0.25) is 11.8 Å². The molecule has 2 aromatic carbocycles. The van der Waals surface area contributed by atoms with Crippen molar-refractivity contribution in [2.24, 2.45) is 0 Å². The van der Waals surface area contributed by atoms with Crippen LogP contribution in [-0.2, 0) is 16.1 Å². The smallest absolute Gasteiger partial charge is 0.387 e. The molecule has 2 aromatic rings. The lowest BCUT2D eigenvalue weighted by atomic mass is 10.0. The van der Waals surface area contributed by atoms with Crippen molar-refractivity contribution in [1.82, 2.24) is 15.5 Å². The summed E-state index contributed by atoms with van der Waals surface area (Å²) in [7, 11) is 0. The highest BCUT2D eigenvalue weighted by Crippen LogP contribution is 2.30. The number of imide groups is 2. The second-order valence-electron chi connectivity index (χ2n) is 7.43. The molecule has 170 valence electrons. The Labute approximate surface area is 185 Å². The lowest BCUT2D eigenvalue weighted by Crippen LogP contribution is -2.52. The summed E-state index contributed by atoms with van der Waals surface area (Å²) in [4.78, 5) is 63.2. The fourth-order valence-electron chi connectivity index (χ4n) is 3.83. The van der Waals surface area contributed by atoms with Gasteiger partial charge < -0.3 is 9.64 Å². The average Bonchev–Trinajstić information content (AvgIpc) is 3.10. The summed E-state index contributed by atoms with van der Waals surface area (Å²) in [6.45, 7) is -2.93. The Morgan fingerprint density at radius 2 is 1.79 bits per heavy atom. The minimum Gasteiger partial charge on any atom is -0.435 e. The molecule has 1 atom stereocenters. The fourth-order valence-corrected chi connectivity index (χ4v) is 3.83. The van der Waals surface area contributed by atoms with Gasteiger partial charge in [-0.05, 0) is 42.3 Å². The number of carbonyl (C=O) groups excluding carboxylic acids is 5. The van der Waals surface area contributed by atoms with Crippen LogP contribution in [0.15, 0.2) is 42.5 Å². The Morgan fingerprint density at radius 3 is 2.45 bits per heavy atom. The zero-order valence-electron chi connectivity index (χ0n) is 17.0. The van der Waals surface area contributed by atoms with E-state index >= 15 is 0 Å². The molecule has 0 bridgehead atoms. The molecule has 0 radical (unpaired) electrons. The van der Waals surface area contributed by atoms with Gasteiger partial charge in [-0.2, -0.15) is 8.78 Å². The summed E-state index contributed by atoms with van der Waals surface area (Å²) in [5.74, 6) is -3.31. The molecule has 2 heterocycles. The number of nitrogens with one attached hydrogen (secondary N) is 2. The van der Waals surface area contributed by atoms with Crippen LogP contribution in [0.5, 0.6) is 5.75 Å². The number of halogens is 2. The highest BCUT2D eigenvalue weighted by molar-refractivity contribution is 6.16. The molecule has 1 fully saturated rings. The number of benzene rings is 2. The highest BCUT2D eigenvalue weighted by atomic mass is 19.3. The summed E-state index contributed by atoms with van der Waals surface area (Å²) in [5.41, 5.74) is 0.568. The number of hydrogen-bond donors (Lipinski definition) is 2. The van der Waals surface area contributed by atoms with E-state index < -0.39 is 42.2 Å². The Balaban J connectivity index is 1.50. The van der Waals surface area contributed by atoms with Gasteiger partial charge in [0, 0.05) is 18.5 Å². The van der Waals surface area contributed by atoms with Gasteiger partial charge in [-0.1, -0.05) is 12.1 Å². The number of fused-ring (bicyclic) bond motifs is 1. The van der Waals surface area contributed by atoms with E-state index in [-0.39, 0.29) is 41.8 Å².